The number of anilines is 1. The maximum atomic E-state index is 13.3. The van der Waals surface area contributed by atoms with E-state index >= 15 is 0 Å². The second kappa shape index (κ2) is 13.0. The van der Waals surface area contributed by atoms with Crippen LogP contribution in [-0.4, -0.2) is 65.7 Å². The predicted molar refractivity (Wildman–Crippen MR) is 138 cm³/mol. The average molecular weight is 607 g/mol. The number of nitrogens with one attached hydrogen (secondary N) is 1. The molecule has 0 aliphatic carbocycles. The molecule has 1 aromatic heterocycles. The maximum absolute atomic E-state index is 13.3. The molecule has 1 aliphatic heterocycles. The average Bonchev–Trinajstić information content (AvgIpc) is 2.88. The highest BCUT2D eigenvalue weighted by molar-refractivity contribution is 6.33. The van der Waals surface area contributed by atoms with Gasteiger partial charge >= 0.3 is 18.3 Å². The van der Waals surface area contributed by atoms with Crippen molar-refractivity contribution in [2.24, 2.45) is 0 Å². The highest BCUT2D eigenvalue weighted by Gasteiger charge is 2.36. The van der Waals surface area contributed by atoms with Crippen LogP contribution < -0.4 is 4.90 Å². The molecule has 4 rings (SSSR count). The highest BCUT2D eigenvalue weighted by atomic mass is 35.5. The monoisotopic (exact) mass is 606 g/mol. The number of aromatic carboxylic acids is 1. The summed E-state index contributed by atoms with van der Waals surface area (Å²) in [4.78, 5) is 24.3. The molecule has 7 nitrogen and oxygen atoms in total. The van der Waals surface area contributed by atoms with E-state index in [9.17, 15) is 40.6 Å². The standard InChI is InChI=1S/C16H16ClFN4O2.C10H8F6N/c1-21-4-6-22(7-5-21)16-19-9-12(15(23)24)14(20-16)11-3-2-10(18)8-13(11)17;11-9(12,13)7-3-6(1-2-17)4-8(5-7)10(14,15)16/h2-3,8-9H,4-7H2,1H3,(H,23,24);3-5,17H,1-2H2/q;-1. The first-order chi connectivity index (χ1) is 19.1. The third kappa shape index (κ3) is 8.50. The molecule has 0 radical (unpaired) electrons. The summed E-state index contributed by atoms with van der Waals surface area (Å²) >= 11 is 6.08. The smallest absolute Gasteiger partial charge is 0.416 e. The molecule has 2 N–H and O–H groups in total. The molecule has 2 heterocycles. The molecule has 0 unspecified atom stereocenters. The van der Waals surface area contributed by atoms with Crippen molar-refractivity contribution in [3.05, 3.63) is 81.4 Å². The molecule has 0 saturated carbocycles. The topological polar surface area (TPSA) is 93.4 Å². The number of piperazine rings is 1. The first kappa shape index (κ1) is 32.0. The van der Waals surface area contributed by atoms with E-state index in [4.69, 9.17) is 17.3 Å². The number of carboxylic acids is 1. The number of hydrogen-bond donors (Lipinski definition) is 1. The SMILES string of the molecule is CN1CCN(c2ncc(C(=O)O)c(-c3ccc(F)cc3Cl)n2)CC1.[NH-]CCc1cc(C(F)(F)F)cc(C(F)(F)F)c1. The van der Waals surface area contributed by atoms with Gasteiger partial charge in [-0.25, -0.2) is 19.2 Å². The third-order valence-electron chi connectivity index (χ3n) is 6.04. The van der Waals surface area contributed by atoms with Gasteiger partial charge in [-0.05, 0) is 55.4 Å². The zero-order valence-corrected chi connectivity index (χ0v) is 22.2. The first-order valence-electron chi connectivity index (χ1n) is 12.0. The summed E-state index contributed by atoms with van der Waals surface area (Å²) in [7, 11) is 2.04. The molecule has 15 heteroatoms. The lowest BCUT2D eigenvalue weighted by atomic mass is 10.0. The first-order valence-corrected chi connectivity index (χ1v) is 12.4. The van der Waals surface area contributed by atoms with E-state index in [0.717, 1.165) is 32.2 Å². The highest BCUT2D eigenvalue weighted by Crippen LogP contribution is 2.36. The molecule has 0 amide bonds. The summed E-state index contributed by atoms with van der Waals surface area (Å²) in [5, 5.41) is 9.50. The minimum atomic E-state index is -4.82. The summed E-state index contributed by atoms with van der Waals surface area (Å²) in [6.45, 7) is 2.98. The Morgan fingerprint density at radius 1 is 1.00 bits per heavy atom. The van der Waals surface area contributed by atoms with Crippen LogP contribution in [0.3, 0.4) is 0 Å². The number of carboxylic acid groups (broad SMARTS) is 1. The minimum absolute atomic E-state index is 0.0682. The number of carbonyl (C=O) groups is 1. The van der Waals surface area contributed by atoms with E-state index in [0.29, 0.717) is 23.6 Å². The Kier molecular flexibility index (Phi) is 10.2. The van der Waals surface area contributed by atoms with Crippen LogP contribution in [0.4, 0.5) is 36.7 Å². The number of halogens is 8. The summed E-state index contributed by atoms with van der Waals surface area (Å²) in [6, 6.07) is 5.16. The normalized spacial score (nSPS) is 14.4. The second-order valence-corrected chi connectivity index (χ2v) is 9.47. The van der Waals surface area contributed by atoms with Crippen LogP contribution in [0.1, 0.15) is 27.0 Å². The molecule has 1 aliphatic rings. The Labute approximate surface area is 235 Å². The number of alkyl halides is 6. The molecule has 0 atom stereocenters. The Morgan fingerprint density at radius 3 is 2.07 bits per heavy atom. The van der Waals surface area contributed by atoms with Gasteiger partial charge in [-0.1, -0.05) is 11.6 Å². The van der Waals surface area contributed by atoms with Crippen molar-refractivity contribution in [3.8, 4) is 11.3 Å². The van der Waals surface area contributed by atoms with Crippen molar-refractivity contribution in [1.82, 2.24) is 14.9 Å². The number of hydrogen-bond acceptors (Lipinski definition) is 5. The number of aromatic nitrogens is 2. The van der Waals surface area contributed by atoms with Gasteiger partial charge in [-0.3, -0.25) is 0 Å². The molecular weight excluding hydrogens is 583 g/mol. The Balaban J connectivity index is 0.000000241. The van der Waals surface area contributed by atoms with Gasteiger partial charge in [0.05, 0.1) is 21.8 Å². The van der Waals surface area contributed by atoms with E-state index in [2.05, 4.69) is 14.9 Å². The summed E-state index contributed by atoms with van der Waals surface area (Å²) in [5.41, 5.74) is 4.51. The van der Waals surface area contributed by atoms with E-state index in [1.807, 2.05) is 11.9 Å². The molecular formula is C26H24ClF7N5O2-. The van der Waals surface area contributed by atoms with Crippen molar-refractivity contribution >= 4 is 23.5 Å². The van der Waals surface area contributed by atoms with E-state index in [-0.39, 0.29) is 40.9 Å². The van der Waals surface area contributed by atoms with Crippen LogP contribution in [0.5, 0.6) is 0 Å². The van der Waals surface area contributed by atoms with Crippen LogP contribution in [0.2, 0.25) is 5.02 Å². The lowest BCUT2D eigenvalue weighted by molar-refractivity contribution is -0.143. The van der Waals surface area contributed by atoms with Crippen LogP contribution in [-0.2, 0) is 18.8 Å². The molecule has 3 aromatic rings. The van der Waals surface area contributed by atoms with Gasteiger partial charge < -0.3 is 20.6 Å². The van der Waals surface area contributed by atoms with E-state index in [1.165, 1.54) is 18.3 Å². The van der Waals surface area contributed by atoms with Gasteiger partial charge in [0.25, 0.3) is 0 Å². The molecule has 1 saturated heterocycles. The van der Waals surface area contributed by atoms with Gasteiger partial charge in [-0.2, -0.15) is 26.3 Å². The fraction of sp³-hybridized carbons (Fsp3) is 0.346. The van der Waals surface area contributed by atoms with Crippen molar-refractivity contribution in [3.63, 3.8) is 0 Å². The van der Waals surface area contributed by atoms with Gasteiger partial charge in [0, 0.05) is 37.9 Å². The molecule has 1 fully saturated rings. The minimum Gasteiger partial charge on any atom is -0.677 e. The van der Waals surface area contributed by atoms with Gasteiger partial charge in [0.2, 0.25) is 5.95 Å². The lowest BCUT2D eigenvalue weighted by Gasteiger charge is -2.32. The zero-order chi connectivity index (χ0) is 30.5. The van der Waals surface area contributed by atoms with Crippen molar-refractivity contribution in [2.45, 2.75) is 18.8 Å². The van der Waals surface area contributed by atoms with Gasteiger partial charge in [0.1, 0.15) is 11.4 Å². The van der Waals surface area contributed by atoms with Crippen LogP contribution >= 0.6 is 11.6 Å². The van der Waals surface area contributed by atoms with E-state index < -0.39 is 35.3 Å². The third-order valence-corrected chi connectivity index (χ3v) is 6.35. The van der Waals surface area contributed by atoms with Crippen LogP contribution in [0, 0.1) is 5.82 Å². The number of nitrogens with zero attached hydrogens (tertiary/aromatic N) is 4. The molecule has 222 valence electrons. The van der Waals surface area contributed by atoms with Gasteiger partial charge in [-0.15, -0.1) is 6.54 Å². The molecule has 41 heavy (non-hydrogen) atoms. The summed E-state index contributed by atoms with van der Waals surface area (Å²) < 4.78 is 87.5. The fourth-order valence-corrected chi connectivity index (χ4v) is 4.14. The van der Waals surface area contributed by atoms with Crippen LogP contribution in [0.25, 0.3) is 17.0 Å². The maximum Gasteiger partial charge on any atom is 0.416 e. The predicted octanol–water partition coefficient (Wildman–Crippen LogP) is 6.71. The van der Waals surface area contributed by atoms with Crippen LogP contribution in [0.15, 0.2) is 42.6 Å². The zero-order valence-electron chi connectivity index (χ0n) is 21.5. The Bertz CT molecular complexity index is 1350. The number of rotatable bonds is 5. The lowest BCUT2D eigenvalue weighted by Crippen LogP contribution is -2.45. The van der Waals surface area contributed by atoms with Crippen molar-refractivity contribution < 1.29 is 40.6 Å². The molecule has 0 bridgehead atoms. The Hall–Kier alpha value is -3.49. The number of benzene rings is 2. The number of likely N-dealkylation sites (N-methyl/N-ethyl adjacent to an activating group) is 1. The largest absolute Gasteiger partial charge is 0.677 e. The molecule has 0 spiro atoms. The summed E-state index contributed by atoms with van der Waals surface area (Å²) in [5.74, 6) is -1.20. The molecule has 2 aromatic carbocycles. The fourth-order valence-electron chi connectivity index (χ4n) is 3.88. The summed E-state index contributed by atoms with van der Waals surface area (Å²) in [6.07, 6.45) is -8.51. The Morgan fingerprint density at radius 2 is 1.59 bits per heavy atom. The van der Waals surface area contributed by atoms with E-state index in [1.54, 1.807) is 0 Å². The van der Waals surface area contributed by atoms with Crippen molar-refractivity contribution in [1.29, 1.82) is 0 Å². The van der Waals surface area contributed by atoms with Crippen molar-refractivity contribution in [2.75, 3.05) is 44.7 Å². The quantitative estimate of drug-likeness (QED) is 0.325. The second-order valence-electron chi connectivity index (χ2n) is 9.07. The van der Waals surface area contributed by atoms with Gasteiger partial charge in [0.15, 0.2) is 0 Å².